The molecule has 0 aromatic heterocycles. The van der Waals surface area contributed by atoms with E-state index < -0.39 is 0 Å². The molecule has 0 N–H and O–H groups in total. The molecule has 0 unspecified atom stereocenters. The van der Waals surface area contributed by atoms with Gasteiger partial charge < -0.3 is 4.48 Å². The first-order valence-corrected chi connectivity index (χ1v) is 14.2. The Balaban J connectivity index is 1.87. The van der Waals surface area contributed by atoms with E-state index in [4.69, 9.17) is 0 Å². The lowest BCUT2D eigenvalue weighted by Crippen LogP contribution is -2.46. The Bertz CT molecular complexity index is 318. The second kappa shape index (κ2) is 19.9. The molecule has 0 aliphatic carbocycles. The SMILES string of the molecule is CCCCCCCCCCCCCCCCC[N+]1(CCCCCCC)CCCC1. The van der Waals surface area contributed by atoms with E-state index in [1.165, 1.54) is 172 Å². The Morgan fingerprint density at radius 2 is 0.655 bits per heavy atom. The lowest BCUT2D eigenvalue weighted by Gasteiger charge is -2.34. The highest BCUT2D eigenvalue weighted by molar-refractivity contribution is 4.57. The van der Waals surface area contributed by atoms with Crippen molar-refractivity contribution in [2.24, 2.45) is 0 Å². The van der Waals surface area contributed by atoms with Gasteiger partial charge in [0.2, 0.25) is 0 Å². The summed E-state index contributed by atoms with van der Waals surface area (Å²) in [6.07, 6.45) is 32.4. The van der Waals surface area contributed by atoms with Crippen molar-refractivity contribution < 1.29 is 4.48 Å². The molecule has 1 nitrogen and oxygen atoms in total. The Labute approximate surface area is 186 Å². The van der Waals surface area contributed by atoms with Crippen LogP contribution in [0.15, 0.2) is 0 Å². The highest BCUT2D eigenvalue weighted by atomic mass is 15.4. The van der Waals surface area contributed by atoms with Crippen LogP contribution >= 0.6 is 0 Å². The van der Waals surface area contributed by atoms with E-state index in [9.17, 15) is 0 Å². The zero-order chi connectivity index (χ0) is 20.9. The van der Waals surface area contributed by atoms with Crippen LogP contribution in [0, 0.1) is 0 Å². The van der Waals surface area contributed by atoms with Crippen molar-refractivity contribution in [1.29, 1.82) is 0 Å². The summed E-state index contributed by atoms with van der Waals surface area (Å²) >= 11 is 0. The molecule has 1 fully saturated rings. The third-order valence-corrected chi connectivity index (χ3v) is 7.49. The van der Waals surface area contributed by atoms with E-state index in [-0.39, 0.29) is 0 Å². The van der Waals surface area contributed by atoms with E-state index >= 15 is 0 Å². The fourth-order valence-corrected chi connectivity index (χ4v) is 5.43. The molecule has 0 bridgehead atoms. The summed E-state index contributed by atoms with van der Waals surface area (Å²) in [5, 5.41) is 0. The molecule has 1 heteroatoms. The molecule has 0 amide bonds. The first-order chi connectivity index (χ1) is 14.3. The number of unbranched alkanes of at least 4 members (excludes halogenated alkanes) is 18. The van der Waals surface area contributed by atoms with Crippen LogP contribution in [0.4, 0.5) is 0 Å². The molecule has 174 valence electrons. The normalized spacial score (nSPS) is 15.9. The molecule has 1 aliphatic rings. The largest absolute Gasteiger partial charge is 0.324 e. The number of hydrogen-bond acceptors (Lipinski definition) is 0. The Morgan fingerprint density at radius 1 is 0.379 bits per heavy atom. The molecule has 1 aliphatic heterocycles. The van der Waals surface area contributed by atoms with Gasteiger partial charge in [-0.05, 0) is 25.7 Å². The molecule has 1 heterocycles. The number of likely N-dealkylation sites (tertiary alicyclic amines) is 1. The molecule has 0 spiro atoms. The molecular weight excluding hydrogens is 350 g/mol. The van der Waals surface area contributed by atoms with Gasteiger partial charge in [0.1, 0.15) is 0 Å². The molecule has 0 aromatic rings. The number of rotatable bonds is 22. The van der Waals surface area contributed by atoms with E-state index in [0.29, 0.717) is 0 Å². The lowest BCUT2D eigenvalue weighted by atomic mass is 10.0. The summed E-state index contributed by atoms with van der Waals surface area (Å²) in [6, 6.07) is 0. The van der Waals surface area contributed by atoms with Crippen LogP contribution in [0.3, 0.4) is 0 Å². The standard InChI is InChI=1S/C28H58N/c1-3-5-7-9-10-11-12-13-14-15-16-17-18-20-22-26-29(27-23-24-28-29)25-21-19-8-6-4-2/h3-28H2,1-2H3/q+1. The molecule has 1 saturated heterocycles. The van der Waals surface area contributed by atoms with Gasteiger partial charge in [0.15, 0.2) is 0 Å². The van der Waals surface area contributed by atoms with Crippen LogP contribution in [0.2, 0.25) is 0 Å². The van der Waals surface area contributed by atoms with Gasteiger partial charge in [-0.2, -0.15) is 0 Å². The molecule has 0 aromatic carbocycles. The van der Waals surface area contributed by atoms with Gasteiger partial charge in [-0.25, -0.2) is 0 Å². The minimum atomic E-state index is 1.37. The number of hydrogen-bond donors (Lipinski definition) is 0. The quantitative estimate of drug-likeness (QED) is 0.124. The molecular formula is C28H58N+. The van der Waals surface area contributed by atoms with Crippen molar-refractivity contribution in [1.82, 2.24) is 0 Å². The summed E-state index contributed by atoms with van der Waals surface area (Å²) in [7, 11) is 0. The zero-order valence-electron chi connectivity index (χ0n) is 20.8. The zero-order valence-corrected chi connectivity index (χ0v) is 20.8. The average molecular weight is 409 g/mol. The van der Waals surface area contributed by atoms with Crippen LogP contribution in [0.5, 0.6) is 0 Å². The predicted octanol–water partition coefficient (Wildman–Crippen LogP) is 9.44. The third kappa shape index (κ3) is 15.4. The molecule has 1 rings (SSSR count). The van der Waals surface area contributed by atoms with Gasteiger partial charge in [-0.1, -0.05) is 117 Å². The van der Waals surface area contributed by atoms with E-state index in [1.54, 1.807) is 0 Å². The Morgan fingerprint density at radius 3 is 0.966 bits per heavy atom. The van der Waals surface area contributed by atoms with Crippen LogP contribution in [0.1, 0.15) is 155 Å². The van der Waals surface area contributed by atoms with E-state index in [1.807, 2.05) is 0 Å². The second-order valence-corrected chi connectivity index (χ2v) is 10.3. The molecule has 0 saturated carbocycles. The Hall–Kier alpha value is -0.0400. The van der Waals surface area contributed by atoms with Crippen LogP contribution < -0.4 is 0 Å². The smallest absolute Gasteiger partial charge is 0.0788 e. The van der Waals surface area contributed by atoms with Crippen LogP contribution in [-0.2, 0) is 0 Å². The lowest BCUT2D eigenvalue weighted by molar-refractivity contribution is -0.917. The third-order valence-electron chi connectivity index (χ3n) is 7.49. The molecule has 29 heavy (non-hydrogen) atoms. The fraction of sp³-hybridized carbons (Fsp3) is 1.00. The summed E-state index contributed by atoms with van der Waals surface area (Å²) < 4.78 is 1.49. The van der Waals surface area contributed by atoms with Crippen molar-refractivity contribution in [3.05, 3.63) is 0 Å². The first-order valence-electron chi connectivity index (χ1n) is 14.2. The predicted molar refractivity (Wildman–Crippen MR) is 133 cm³/mol. The van der Waals surface area contributed by atoms with Gasteiger partial charge in [0.25, 0.3) is 0 Å². The first kappa shape index (κ1) is 27.0. The number of nitrogens with zero attached hydrogens (tertiary/aromatic N) is 1. The van der Waals surface area contributed by atoms with E-state index in [0.717, 1.165) is 0 Å². The van der Waals surface area contributed by atoms with Gasteiger partial charge in [-0.15, -0.1) is 0 Å². The van der Waals surface area contributed by atoms with Crippen molar-refractivity contribution in [2.45, 2.75) is 155 Å². The van der Waals surface area contributed by atoms with Crippen molar-refractivity contribution in [3.8, 4) is 0 Å². The molecule has 0 radical (unpaired) electrons. The highest BCUT2D eigenvalue weighted by Gasteiger charge is 2.30. The van der Waals surface area contributed by atoms with E-state index in [2.05, 4.69) is 13.8 Å². The average Bonchev–Trinajstić information content (AvgIpc) is 3.20. The summed E-state index contributed by atoms with van der Waals surface area (Å²) in [6.45, 7) is 10.6. The number of quaternary nitrogens is 1. The van der Waals surface area contributed by atoms with Gasteiger partial charge >= 0.3 is 0 Å². The van der Waals surface area contributed by atoms with Crippen molar-refractivity contribution >= 4 is 0 Å². The topological polar surface area (TPSA) is 0 Å². The fourth-order valence-electron chi connectivity index (χ4n) is 5.43. The minimum Gasteiger partial charge on any atom is -0.324 e. The maximum Gasteiger partial charge on any atom is 0.0788 e. The van der Waals surface area contributed by atoms with Gasteiger partial charge in [-0.3, -0.25) is 0 Å². The summed E-state index contributed by atoms with van der Waals surface area (Å²) in [4.78, 5) is 0. The minimum absolute atomic E-state index is 1.37. The maximum atomic E-state index is 2.32. The second-order valence-electron chi connectivity index (χ2n) is 10.3. The highest BCUT2D eigenvalue weighted by Crippen LogP contribution is 2.23. The van der Waals surface area contributed by atoms with Gasteiger partial charge in [0.05, 0.1) is 26.2 Å². The van der Waals surface area contributed by atoms with Crippen LogP contribution in [0.25, 0.3) is 0 Å². The maximum absolute atomic E-state index is 2.32. The van der Waals surface area contributed by atoms with Crippen molar-refractivity contribution in [2.75, 3.05) is 26.2 Å². The molecule has 0 atom stereocenters. The summed E-state index contributed by atoms with van der Waals surface area (Å²) in [5.41, 5.74) is 0. The van der Waals surface area contributed by atoms with Gasteiger partial charge in [0, 0.05) is 12.8 Å². The van der Waals surface area contributed by atoms with Crippen LogP contribution in [-0.4, -0.2) is 30.7 Å². The monoisotopic (exact) mass is 408 g/mol. The summed E-state index contributed by atoms with van der Waals surface area (Å²) in [5.74, 6) is 0. The Kier molecular flexibility index (Phi) is 18.5. The van der Waals surface area contributed by atoms with Crippen molar-refractivity contribution in [3.63, 3.8) is 0 Å².